The molecule has 2 amide bonds. The SMILES string of the molecule is COc1ccc(C(=O)Nc2sc(Nc3cc4ccccc4cn3)nc2C(N)=O)cc1. The number of methoxy groups -OCH3 is 1. The van der Waals surface area contributed by atoms with Gasteiger partial charge in [-0.3, -0.25) is 9.59 Å². The standard InChI is InChI=1S/C21H17N5O3S/c1-29-15-8-6-12(7-9-15)19(28)26-20-17(18(22)27)25-21(30-20)24-16-10-13-4-2-3-5-14(13)11-23-16/h2-11H,1H3,(H2,22,27)(H,26,28)(H,23,24,25). The van der Waals surface area contributed by atoms with Gasteiger partial charge in [0.2, 0.25) is 0 Å². The summed E-state index contributed by atoms with van der Waals surface area (Å²) in [4.78, 5) is 32.9. The molecule has 0 radical (unpaired) electrons. The number of aromatic nitrogens is 2. The molecule has 150 valence electrons. The van der Waals surface area contributed by atoms with Crippen molar-refractivity contribution >= 4 is 49.9 Å². The van der Waals surface area contributed by atoms with Gasteiger partial charge in [0.15, 0.2) is 10.8 Å². The lowest BCUT2D eigenvalue weighted by Crippen LogP contribution is -2.17. The molecule has 4 N–H and O–H groups in total. The second-order valence-electron chi connectivity index (χ2n) is 6.29. The number of anilines is 3. The van der Waals surface area contributed by atoms with E-state index in [1.165, 1.54) is 0 Å². The molecular weight excluding hydrogens is 402 g/mol. The fraction of sp³-hybridized carbons (Fsp3) is 0.0476. The Bertz CT molecular complexity index is 1240. The van der Waals surface area contributed by atoms with E-state index in [0.717, 1.165) is 22.1 Å². The molecule has 8 nitrogen and oxygen atoms in total. The van der Waals surface area contributed by atoms with Crippen molar-refractivity contribution < 1.29 is 14.3 Å². The third-order valence-electron chi connectivity index (χ3n) is 4.31. The van der Waals surface area contributed by atoms with Crippen molar-refractivity contribution in [3.8, 4) is 5.75 Å². The summed E-state index contributed by atoms with van der Waals surface area (Å²) in [5, 5.41) is 8.41. The van der Waals surface area contributed by atoms with E-state index in [-0.39, 0.29) is 16.6 Å². The first-order chi connectivity index (χ1) is 14.5. The molecular formula is C21H17N5O3S. The molecule has 0 saturated heterocycles. The molecule has 30 heavy (non-hydrogen) atoms. The number of carbonyl (C=O) groups is 2. The predicted octanol–water partition coefficient (Wildman–Crippen LogP) is 3.79. The lowest BCUT2D eigenvalue weighted by molar-refractivity contribution is 0.0997. The lowest BCUT2D eigenvalue weighted by atomic mass is 10.2. The van der Waals surface area contributed by atoms with Crippen LogP contribution < -0.4 is 21.1 Å². The van der Waals surface area contributed by atoms with E-state index in [4.69, 9.17) is 10.5 Å². The molecule has 2 aromatic carbocycles. The number of nitrogens with zero attached hydrogens (tertiary/aromatic N) is 2. The number of pyridine rings is 1. The van der Waals surface area contributed by atoms with Crippen LogP contribution in [0, 0.1) is 0 Å². The van der Waals surface area contributed by atoms with Crippen LogP contribution in [0.3, 0.4) is 0 Å². The minimum atomic E-state index is -0.740. The number of carbonyl (C=O) groups excluding carboxylic acids is 2. The van der Waals surface area contributed by atoms with Crippen LogP contribution in [0.25, 0.3) is 10.8 Å². The van der Waals surface area contributed by atoms with Crippen LogP contribution in [0.2, 0.25) is 0 Å². The third-order valence-corrected chi connectivity index (χ3v) is 5.19. The highest BCUT2D eigenvalue weighted by molar-refractivity contribution is 7.20. The van der Waals surface area contributed by atoms with Crippen molar-refractivity contribution in [1.82, 2.24) is 9.97 Å². The van der Waals surface area contributed by atoms with Gasteiger partial charge in [0.1, 0.15) is 16.6 Å². The molecule has 2 aromatic heterocycles. The zero-order valence-corrected chi connectivity index (χ0v) is 16.7. The number of nitrogens with two attached hydrogens (primary N) is 1. The molecule has 4 aromatic rings. The van der Waals surface area contributed by atoms with Gasteiger partial charge in [-0.1, -0.05) is 35.6 Å². The summed E-state index contributed by atoms with van der Waals surface area (Å²) in [5.41, 5.74) is 5.83. The van der Waals surface area contributed by atoms with Gasteiger partial charge in [-0.25, -0.2) is 9.97 Å². The van der Waals surface area contributed by atoms with E-state index in [1.54, 1.807) is 37.6 Å². The quantitative estimate of drug-likeness (QED) is 0.437. The Morgan fingerprint density at radius 2 is 1.80 bits per heavy atom. The molecule has 0 aliphatic carbocycles. The second-order valence-corrected chi connectivity index (χ2v) is 7.28. The van der Waals surface area contributed by atoms with E-state index in [1.807, 2.05) is 30.3 Å². The Labute approximate surface area is 175 Å². The largest absolute Gasteiger partial charge is 0.497 e. The number of fused-ring (bicyclic) bond motifs is 1. The van der Waals surface area contributed by atoms with Crippen molar-refractivity contribution in [3.63, 3.8) is 0 Å². The first-order valence-corrected chi connectivity index (χ1v) is 9.73. The van der Waals surface area contributed by atoms with Crippen molar-refractivity contribution in [2.45, 2.75) is 0 Å². The molecule has 9 heteroatoms. The highest BCUT2D eigenvalue weighted by Gasteiger charge is 2.19. The van der Waals surface area contributed by atoms with E-state index in [2.05, 4.69) is 20.6 Å². The Morgan fingerprint density at radius 3 is 2.50 bits per heavy atom. The zero-order valence-electron chi connectivity index (χ0n) is 15.9. The van der Waals surface area contributed by atoms with Gasteiger partial charge >= 0.3 is 0 Å². The number of thiazole rings is 1. The zero-order chi connectivity index (χ0) is 21.1. The maximum atomic E-state index is 12.5. The van der Waals surface area contributed by atoms with Crippen LogP contribution in [0.15, 0.2) is 60.8 Å². The van der Waals surface area contributed by atoms with Crippen LogP contribution in [0.1, 0.15) is 20.8 Å². The van der Waals surface area contributed by atoms with Gasteiger partial charge in [0.05, 0.1) is 7.11 Å². The van der Waals surface area contributed by atoms with Crippen molar-refractivity contribution in [2.24, 2.45) is 5.73 Å². The average Bonchev–Trinajstić information content (AvgIpc) is 3.16. The molecule has 0 aliphatic heterocycles. The summed E-state index contributed by atoms with van der Waals surface area (Å²) >= 11 is 1.10. The summed E-state index contributed by atoms with van der Waals surface area (Å²) in [6, 6.07) is 16.3. The predicted molar refractivity (Wildman–Crippen MR) is 117 cm³/mol. The minimum Gasteiger partial charge on any atom is -0.497 e. The lowest BCUT2D eigenvalue weighted by Gasteiger charge is -2.05. The fourth-order valence-electron chi connectivity index (χ4n) is 2.80. The first-order valence-electron chi connectivity index (χ1n) is 8.91. The monoisotopic (exact) mass is 419 g/mol. The highest BCUT2D eigenvalue weighted by Crippen LogP contribution is 2.31. The molecule has 0 bridgehead atoms. The van der Waals surface area contributed by atoms with Crippen molar-refractivity contribution in [3.05, 3.63) is 72.1 Å². The Hall–Kier alpha value is -3.98. The molecule has 0 unspecified atom stereocenters. The Balaban J connectivity index is 1.57. The van der Waals surface area contributed by atoms with Crippen LogP contribution in [0.4, 0.5) is 16.0 Å². The van der Waals surface area contributed by atoms with E-state index >= 15 is 0 Å². The van der Waals surface area contributed by atoms with Gasteiger partial charge in [0, 0.05) is 17.1 Å². The van der Waals surface area contributed by atoms with Crippen LogP contribution in [0.5, 0.6) is 5.75 Å². The Kier molecular flexibility index (Phi) is 5.27. The minimum absolute atomic E-state index is 0.0230. The first kappa shape index (κ1) is 19.3. The number of amides is 2. The van der Waals surface area contributed by atoms with E-state index in [0.29, 0.717) is 22.3 Å². The average molecular weight is 419 g/mol. The summed E-state index contributed by atoms with van der Waals surface area (Å²) in [6.45, 7) is 0. The number of hydrogen-bond acceptors (Lipinski definition) is 7. The number of hydrogen-bond donors (Lipinski definition) is 3. The summed E-state index contributed by atoms with van der Waals surface area (Å²) in [5.74, 6) is 0.0676. The summed E-state index contributed by atoms with van der Waals surface area (Å²) in [7, 11) is 1.55. The van der Waals surface area contributed by atoms with E-state index in [9.17, 15) is 9.59 Å². The normalized spacial score (nSPS) is 10.6. The van der Waals surface area contributed by atoms with Crippen LogP contribution in [-0.2, 0) is 0 Å². The molecule has 0 fully saturated rings. The molecule has 0 aliphatic rings. The van der Waals surface area contributed by atoms with Crippen molar-refractivity contribution in [1.29, 1.82) is 0 Å². The highest BCUT2D eigenvalue weighted by atomic mass is 32.1. The Morgan fingerprint density at radius 1 is 1.07 bits per heavy atom. The number of primary amides is 1. The molecule has 0 saturated carbocycles. The second kappa shape index (κ2) is 8.18. The summed E-state index contributed by atoms with van der Waals surface area (Å²) in [6.07, 6.45) is 1.74. The van der Waals surface area contributed by atoms with Gasteiger partial charge < -0.3 is 21.1 Å². The van der Waals surface area contributed by atoms with Gasteiger partial charge in [-0.15, -0.1) is 0 Å². The maximum Gasteiger partial charge on any atom is 0.270 e. The number of ether oxygens (including phenoxy) is 1. The third kappa shape index (κ3) is 4.06. The van der Waals surface area contributed by atoms with Crippen LogP contribution >= 0.6 is 11.3 Å². The number of benzene rings is 2. The number of nitrogens with one attached hydrogen (secondary N) is 2. The van der Waals surface area contributed by atoms with Gasteiger partial charge in [0.25, 0.3) is 11.8 Å². The van der Waals surface area contributed by atoms with Gasteiger partial charge in [-0.05, 0) is 35.7 Å². The maximum absolute atomic E-state index is 12.5. The molecule has 4 rings (SSSR count). The molecule has 2 heterocycles. The summed E-state index contributed by atoms with van der Waals surface area (Å²) < 4.78 is 5.09. The number of rotatable bonds is 6. The van der Waals surface area contributed by atoms with E-state index < -0.39 is 5.91 Å². The molecule has 0 atom stereocenters. The topological polar surface area (TPSA) is 119 Å². The fourth-order valence-corrected chi connectivity index (χ4v) is 3.68. The van der Waals surface area contributed by atoms with Crippen LogP contribution in [-0.4, -0.2) is 28.9 Å². The van der Waals surface area contributed by atoms with Gasteiger partial charge in [-0.2, -0.15) is 0 Å². The van der Waals surface area contributed by atoms with Crippen molar-refractivity contribution in [2.75, 3.05) is 17.7 Å². The smallest absolute Gasteiger partial charge is 0.270 e. The molecule has 0 spiro atoms.